The number of carbonyl (C=O) groups excluding carboxylic acids is 2. The van der Waals surface area contributed by atoms with E-state index < -0.39 is 28.5 Å². The Labute approximate surface area is 197 Å². The highest BCUT2D eigenvalue weighted by Gasteiger charge is 2.14. The molecule has 0 aliphatic carbocycles. The zero-order valence-electron chi connectivity index (χ0n) is 18.4. The Morgan fingerprint density at radius 2 is 1.62 bits per heavy atom. The molecule has 0 saturated carbocycles. The summed E-state index contributed by atoms with van der Waals surface area (Å²) in [4.78, 5) is 24.3. The summed E-state index contributed by atoms with van der Waals surface area (Å²) in [7, 11) is -2.32. The van der Waals surface area contributed by atoms with Crippen LogP contribution in [0.3, 0.4) is 0 Å². The molecule has 3 N–H and O–H groups in total. The van der Waals surface area contributed by atoms with Crippen molar-refractivity contribution in [3.63, 3.8) is 0 Å². The highest BCUT2D eigenvalue weighted by atomic mass is 32.2. The van der Waals surface area contributed by atoms with Gasteiger partial charge >= 0.3 is 5.97 Å². The van der Waals surface area contributed by atoms with E-state index in [1.165, 1.54) is 43.5 Å². The van der Waals surface area contributed by atoms with Crippen molar-refractivity contribution in [2.45, 2.75) is 18.0 Å². The molecule has 0 aliphatic heterocycles. The van der Waals surface area contributed by atoms with Crippen LogP contribution in [0.2, 0.25) is 0 Å². The molecule has 34 heavy (non-hydrogen) atoms. The Morgan fingerprint density at radius 3 is 2.26 bits per heavy atom. The van der Waals surface area contributed by atoms with Gasteiger partial charge in [0, 0.05) is 6.54 Å². The van der Waals surface area contributed by atoms with Gasteiger partial charge in [0.15, 0.2) is 18.1 Å². The van der Waals surface area contributed by atoms with Crippen molar-refractivity contribution in [1.29, 1.82) is 0 Å². The zero-order valence-corrected chi connectivity index (χ0v) is 19.2. The van der Waals surface area contributed by atoms with Crippen molar-refractivity contribution in [2.24, 2.45) is 5.14 Å². The number of carbonyl (C=O) groups is 2. The lowest BCUT2D eigenvalue weighted by Gasteiger charge is -2.12. The zero-order chi connectivity index (χ0) is 24.6. The first kappa shape index (κ1) is 24.7. The number of esters is 1. The molecule has 178 valence electrons. The normalized spacial score (nSPS) is 10.9. The molecule has 0 atom stereocenters. The van der Waals surface area contributed by atoms with E-state index in [1.807, 2.05) is 30.3 Å². The van der Waals surface area contributed by atoms with Crippen LogP contribution in [0.1, 0.15) is 21.5 Å². The van der Waals surface area contributed by atoms with Crippen molar-refractivity contribution >= 4 is 21.9 Å². The van der Waals surface area contributed by atoms with Crippen molar-refractivity contribution in [2.75, 3.05) is 13.7 Å². The van der Waals surface area contributed by atoms with E-state index in [9.17, 15) is 18.0 Å². The Balaban J connectivity index is 1.50. The number of primary sulfonamides is 1. The Morgan fingerprint density at radius 1 is 0.912 bits per heavy atom. The van der Waals surface area contributed by atoms with Crippen LogP contribution < -0.4 is 19.9 Å². The lowest BCUT2D eigenvalue weighted by molar-refractivity contribution is -0.124. The number of amides is 1. The van der Waals surface area contributed by atoms with Crippen LogP contribution in [-0.2, 0) is 32.7 Å². The number of sulfonamides is 1. The van der Waals surface area contributed by atoms with Crippen LogP contribution in [-0.4, -0.2) is 34.0 Å². The molecule has 0 aromatic heterocycles. The van der Waals surface area contributed by atoms with Crippen molar-refractivity contribution in [3.05, 3.63) is 89.5 Å². The Kier molecular flexibility index (Phi) is 8.23. The monoisotopic (exact) mass is 484 g/mol. The van der Waals surface area contributed by atoms with E-state index in [-0.39, 0.29) is 17.0 Å². The molecule has 0 aliphatic rings. The molecular weight excluding hydrogens is 460 g/mol. The molecule has 0 unspecified atom stereocenters. The van der Waals surface area contributed by atoms with Gasteiger partial charge in [-0.3, -0.25) is 4.79 Å². The van der Waals surface area contributed by atoms with Gasteiger partial charge in [0.25, 0.3) is 5.91 Å². The molecule has 1 amide bonds. The Hall–Kier alpha value is -3.89. The van der Waals surface area contributed by atoms with Gasteiger partial charge in [0.2, 0.25) is 10.0 Å². The van der Waals surface area contributed by atoms with Crippen LogP contribution in [0, 0.1) is 0 Å². The number of benzene rings is 3. The molecule has 0 heterocycles. The van der Waals surface area contributed by atoms with Crippen molar-refractivity contribution < 1.29 is 32.2 Å². The highest BCUT2D eigenvalue weighted by Crippen LogP contribution is 2.29. The predicted molar refractivity (Wildman–Crippen MR) is 124 cm³/mol. The summed E-state index contributed by atoms with van der Waals surface area (Å²) in [6, 6.07) is 20.0. The molecule has 3 aromatic rings. The molecule has 0 fully saturated rings. The van der Waals surface area contributed by atoms with Gasteiger partial charge in [-0.15, -0.1) is 0 Å². The van der Waals surface area contributed by atoms with Gasteiger partial charge in [-0.1, -0.05) is 42.5 Å². The molecule has 3 rings (SSSR count). The van der Waals surface area contributed by atoms with E-state index in [2.05, 4.69) is 5.32 Å². The average Bonchev–Trinajstić information content (AvgIpc) is 2.85. The highest BCUT2D eigenvalue weighted by molar-refractivity contribution is 7.89. The Bertz CT molecular complexity index is 1240. The summed E-state index contributed by atoms with van der Waals surface area (Å²) in [5.41, 5.74) is 1.85. The van der Waals surface area contributed by atoms with Crippen LogP contribution in [0.5, 0.6) is 11.5 Å². The SMILES string of the molecule is COc1cc(C(=O)OCC(=O)NCc2ccc(S(N)(=O)=O)cc2)ccc1OCc1ccccc1. The third-order valence-electron chi connectivity index (χ3n) is 4.71. The van der Waals surface area contributed by atoms with E-state index >= 15 is 0 Å². The van der Waals surface area contributed by atoms with E-state index in [4.69, 9.17) is 19.3 Å². The van der Waals surface area contributed by atoms with E-state index in [0.29, 0.717) is 23.7 Å². The molecule has 3 aromatic carbocycles. The first-order valence-corrected chi connectivity index (χ1v) is 11.7. The second kappa shape index (κ2) is 11.3. The fraction of sp³-hybridized carbons (Fsp3) is 0.167. The minimum Gasteiger partial charge on any atom is -0.493 e. The van der Waals surface area contributed by atoms with E-state index in [0.717, 1.165) is 5.56 Å². The van der Waals surface area contributed by atoms with Gasteiger partial charge in [-0.2, -0.15) is 0 Å². The quantitative estimate of drug-likeness (QED) is 0.422. The fourth-order valence-corrected chi connectivity index (χ4v) is 3.43. The lowest BCUT2D eigenvalue weighted by Crippen LogP contribution is -2.28. The summed E-state index contributed by atoms with van der Waals surface area (Å²) in [6.07, 6.45) is 0. The molecule has 0 spiro atoms. The maximum atomic E-state index is 12.3. The third kappa shape index (κ3) is 7.06. The molecule has 0 saturated heterocycles. The third-order valence-corrected chi connectivity index (χ3v) is 5.64. The predicted octanol–water partition coefficient (Wildman–Crippen LogP) is 2.39. The van der Waals surface area contributed by atoms with Crippen LogP contribution in [0.4, 0.5) is 0 Å². The summed E-state index contributed by atoms with van der Waals surface area (Å²) in [5, 5.41) is 7.64. The maximum absolute atomic E-state index is 12.3. The minimum atomic E-state index is -3.78. The van der Waals surface area contributed by atoms with Gasteiger partial charge in [0.05, 0.1) is 17.6 Å². The average molecular weight is 485 g/mol. The number of hydrogen-bond donors (Lipinski definition) is 2. The number of methoxy groups -OCH3 is 1. The topological polar surface area (TPSA) is 134 Å². The van der Waals surface area contributed by atoms with Crippen molar-refractivity contribution in [3.8, 4) is 11.5 Å². The number of nitrogens with one attached hydrogen (secondary N) is 1. The summed E-state index contributed by atoms with van der Waals surface area (Å²) in [5.74, 6) is -0.383. The van der Waals surface area contributed by atoms with Gasteiger partial charge in [-0.25, -0.2) is 18.4 Å². The number of rotatable bonds is 10. The summed E-state index contributed by atoms with van der Waals surface area (Å²) in [6.45, 7) is -0.0167. The van der Waals surface area contributed by atoms with Gasteiger partial charge in [0.1, 0.15) is 6.61 Å². The van der Waals surface area contributed by atoms with Gasteiger partial charge in [-0.05, 0) is 41.5 Å². The lowest BCUT2D eigenvalue weighted by atomic mass is 10.2. The first-order valence-electron chi connectivity index (χ1n) is 10.2. The largest absolute Gasteiger partial charge is 0.493 e. The van der Waals surface area contributed by atoms with Crippen LogP contribution >= 0.6 is 0 Å². The summed E-state index contributed by atoms with van der Waals surface area (Å²) < 4.78 is 38.7. The molecule has 0 bridgehead atoms. The summed E-state index contributed by atoms with van der Waals surface area (Å²) >= 11 is 0. The second-order valence-corrected chi connectivity index (χ2v) is 8.74. The fourth-order valence-electron chi connectivity index (χ4n) is 2.91. The molecule has 9 nitrogen and oxygen atoms in total. The maximum Gasteiger partial charge on any atom is 0.338 e. The standard InChI is InChI=1S/C24H24N2O7S/c1-31-22-13-19(9-12-21(22)32-15-18-5-3-2-4-6-18)24(28)33-16-23(27)26-14-17-7-10-20(11-8-17)34(25,29)30/h2-13H,14-16H2,1H3,(H,26,27)(H2,25,29,30). The second-order valence-electron chi connectivity index (χ2n) is 7.18. The molecule has 0 radical (unpaired) electrons. The van der Waals surface area contributed by atoms with E-state index in [1.54, 1.807) is 6.07 Å². The first-order chi connectivity index (χ1) is 16.3. The van der Waals surface area contributed by atoms with Crippen molar-refractivity contribution in [1.82, 2.24) is 5.32 Å². The minimum absolute atomic E-state index is 0.0246. The number of hydrogen-bond acceptors (Lipinski definition) is 7. The van der Waals surface area contributed by atoms with Crippen LogP contribution in [0.15, 0.2) is 77.7 Å². The molecular formula is C24H24N2O7S. The van der Waals surface area contributed by atoms with Crippen LogP contribution in [0.25, 0.3) is 0 Å². The number of nitrogens with two attached hydrogens (primary N) is 1. The number of ether oxygens (including phenoxy) is 3. The smallest absolute Gasteiger partial charge is 0.338 e. The molecule has 10 heteroatoms. The van der Waals surface area contributed by atoms with Gasteiger partial charge < -0.3 is 19.5 Å².